The Morgan fingerprint density at radius 3 is 2.00 bits per heavy atom. The molecule has 0 fully saturated rings. The Balaban J connectivity index is 2.64. The summed E-state index contributed by atoms with van der Waals surface area (Å²) in [5.74, 6) is 0. The Morgan fingerprint density at radius 2 is 1.56 bits per heavy atom. The Labute approximate surface area is 103 Å². The van der Waals surface area contributed by atoms with Gasteiger partial charge in [-0.2, -0.15) is 13.2 Å². The molecule has 0 aliphatic carbocycles. The van der Waals surface area contributed by atoms with Crippen molar-refractivity contribution in [2.45, 2.75) is 19.3 Å². The maximum absolute atomic E-state index is 12.3. The van der Waals surface area contributed by atoms with E-state index >= 15 is 0 Å². The van der Waals surface area contributed by atoms with Gasteiger partial charge in [0.1, 0.15) is 0 Å². The number of aliphatic hydroxyl groups is 2. The highest BCUT2D eigenvalue weighted by Gasteiger charge is 2.30. The van der Waals surface area contributed by atoms with Crippen molar-refractivity contribution in [3.05, 3.63) is 35.4 Å². The lowest BCUT2D eigenvalue weighted by molar-refractivity contribution is -0.147. The maximum atomic E-state index is 12.3. The van der Waals surface area contributed by atoms with Crippen LogP contribution in [0.1, 0.15) is 11.1 Å². The fourth-order valence-electron chi connectivity index (χ4n) is 1.62. The molecule has 0 amide bonds. The van der Waals surface area contributed by atoms with E-state index in [9.17, 15) is 13.2 Å². The zero-order chi connectivity index (χ0) is 13.6. The minimum absolute atomic E-state index is 0.0265. The molecule has 0 saturated carbocycles. The van der Waals surface area contributed by atoms with Gasteiger partial charge in [-0.25, -0.2) is 0 Å². The van der Waals surface area contributed by atoms with E-state index in [-0.39, 0.29) is 26.3 Å². The van der Waals surface area contributed by atoms with Gasteiger partial charge in [0.15, 0.2) is 0 Å². The van der Waals surface area contributed by atoms with Crippen molar-refractivity contribution in [1.82, 2.24) is 4.90 Å². The molecule has 102 valence electrons. The Hall–Kier alpha value is -1.11. The summed E-state index contributed by atoms with van der Waals surface area (Å²) in [7, 11) is 0. The Morgan fingerprint density at radius 1 is 1.00 bits per heavy atom. The smallest absolute Gasteiger partial charge is 0.395 e. The summed E-state index contributed by atoms with van der Waals surface area (Å²) in [6.45, 7) is -1.36. The van der Waals surface area contributed by atoms with E-state index in [1.54, 1.807) is 24.3 Å². The average Bonchev–Trinajstić information content (AvgIpc) is 2.28. The number of hydrogen-bond donors (Lipinski definition) is 2. The van der Waals surface area contributed by atoms with Crippen LogP contribution < -0.4 is 0 Å². The van der Waals surface area contributed by atoms with Crippen LogP contribution in [0.3, 0.4) is 0 Å². The second-order valence-electron chi connectivity index (χ2n) is 4.02. The first kappa shape index (κ1) is 14.9. The summed E-state index contributed by atoms with van der Waals surface area (Å²) < 4.78 is 36.9. The predicted octanol–water partition coefficient (Wildman–Crippen LogP) is 1.54. The molecule has 0 aliphatic heterocycles. The molecule has 1 rings (SSSR count). The molecule has 0 bridgehead atoms. The molecule has 0 atom stereocenters. The first-order valence-corrected chi connectivity index (χ1v) is 5.53. The fraction of sp³-hybridized carbons (Fsp3) is 0.500. The van der Waals surface area contributed by atoms with Gasteiger partial charge in [-0.3, -0.25) is 4.90 Å². The number of rotatable bonds is 6. The highest BCUT2D eigenvalue weighted by molar-refractivity contribution is 5.21. The van der Waals surface area contributed by atoms with E-state index in [1.807, 2.05) is 0 Å². The molecule has 18 heavy (non-hydrogen) atoms. The van der Waals surface area contributed by atoms with Gasteiger partial charge < -0.3 is 10.2 Å². The van der Waals surface area contributed by atoms with Crippen LogP contribution in [-0.2, 0) is 13.2 Å². The lowest BCUT2D eigenvalue weighted by Crippen LogP contribution is -2.35. The minimum Gasteiger partial charge on any atom is -0.395 e. The van der Waals surface area contributed by atoms with Gasteiger partial charge in [-0.15, -0.1) is 0 Å². The summed E-state index contributed by atoms with van der Waals surface area (Å²) >= 11 is 0. The van der Waals surface area contributed by atoms with Gasteiger partial charge in [-0.1, -0.05) is 24.3 Å². The number of alkyl halides is 3. The van der Waals surface area contributed by atoms with Crippen LogP contribution in [0.2, 0.25) is 0 Å². The van der Waals surface area contributed by atoms with Crippen LogP contribution in [0.25, 0.3) is 0 Å². The van der Waals surface area contributed by atoms with E-state index in [2.05, 4.69) is 0 Å². The SMILES string of the molecule is OCCN(Cc1ccc(CO)cc1)CC(F)(F)F. The lowest BCUT2D eigenvalue weighted by Gasteiger charge is -2.22. The molecule has 0 spiro atoms. The number of hydrogen-bond acceptors (Lipinski definition) is 3. The summed E-state index contributed by atoms with van der Waals surface area (Å²) in [6, 6.07) is 6.68. The highest BCUT2D eigenvalue weighted by atomic mass is 19.4. The lowest BCUT2D eigenvalue weighted by atomic mass is 10.1. The second-order valence-corrected chi connectivity index (χ2v) is 4.02. The van der Waals surface area contributed by atoms with E-state index in [1.165, 1.54) is 0 Å². The van der Waals surface area contributed by atoms with Crippen LogP contribution in [0.5, 0.6) is 0 Å². The number of aliphatic hydroxyl groups excluding tert-OH is 2. The molecular formula is C12H16F3NO2. The van der Waals surface area contributed by atoms with E-state index < -0.39 is 12.7 Å². The Bertz CT molecular complexity index is 351. The molecule has 0 aromatic heterocycles. The van der Waals surface area contributed by atoms with Crippen molar-refractivity contribution in [2.24, 2.45) is 0 Å². The molecule has 0 saturated heterocycles. The van der Waals surface area contributed by atoms with Crippen LogP contribution in [-0.4, -0.2) is 41.0 Å². The first-order valence-electron chi connectivity index (χ1n) is 5.53. The molecule has 0 radical (unpaired) electrons. The van der Waals surface area contributed by atoms with Gasteiger partial charge in [0, 0.05) is 13.1 Å². The van der Waals surface area contributed by atoms with Crippen molar-refractivity contribution in [3.8, 4) is 0 Å². The van der Waals surface area contributed by atoms with Crippen LogP contribution in [0, 0.1) is 0 Å². The number of halogens is 3. The van der Waals surface area contributed by atoms with Crippen molar-refractivity contribution in [1.29, 1.82) is 0 Å². The Kier molecular flexibility index (Phi) is 5.58. The third-order valence-corrected chi connectivity index (χ3v) is 2.43. The first-order chi connectivity index (χ1) is 8.44. The van der Waals surface area contributed by atoms with Gasteiger partial charge in [0.25, 0.3) is 0 Å². The van der Waals surface area contributed by atoms with Crippen molar-refractivity contribution in [2.75, 3.05) is 19.7 Å². The normalized spacial score (nSPS) is 12.1. The zero-order valence-electron chi connectivity index (χ0n) is 9.82. The van der Waals surface area contributed by atoms with Gasteiger partial charge >= 0.3 is 6.18 Å². The summed E-state index contributed by atoms with van der Waals surface area (Å²) in [5.41, 5.74) is 1.42. The molecule has 1 aromatic rings. The second kappa shape index (κ2) is 6.72. The van der Waals surface area contributed by atoms with Gasteiger partial charge in [0.2, 0.25) is 0 Å². The van der Waals surface area contributed by atoms with E-state index in [0.717, 1.165) is 4.90 Å². The van der Waals surface area contributed by atoms with Gasteiger partial charge in [0.05, 0.1) is 19.8 Å². The topological polar surface area (TPSA) is 43.7 Å². The van der Waals surface area contributed by atoms with Crippen LogP contribution in [0.15, 0.2) is 24.3 Å². The summed E-state index contributed by atoms with van der Waals surface area (Å²) in [5, 5.41) is 17.6. The summed E-state index contributed by atoms with van der Waals surface area (Å²) in [6.07, 6.45) is -4.28. The average molecular weight is 263 g/mol. The minimum atomic E-state index is -4.28. The zero-order valence-corrected chi connectivity index (χ0v) is 9.82. The van der Waals surface area contributed by atoms with Crippen molar-refractivity contribution >= 4 is 0 Å². The third-order valence-electron chi connectivity index (χ3n) is 2.43. The molecule has 0 heterocycles. The van der Waals surface area contributed by atoms with E-state index in [4.69, 9.17) is 10.2 Å². The largest absolute Gasteiger partial charge is 0.401 e. The molecule has 0 aliphatic rings. The fourth-order valence-corrected chi connectivity index (χ4v) is 1.62. The van der Waals surface area contributed by atoms with Crippen LogP contribution >= 0.6 is 0 Å². The molecule has 0 unspecified atom stereocenters. The third kappa shape index (κ3) is 5.48. The van der Waals surface area contributed by atoms with E-state index in [0.29, 0.717) is 11.1 Å². The number of nitrogens with zero attached hydrogens (tertiary/aromatic N) is 1. The molecule has 2 N–H and O–H groups in total. The maximum Gasteiger partial charge on any atom is 0.401 e. The number of benzene rings is 1. The molecule has 6 heteroatoms. The van der Waals surface area contributed by atoms with Crippen LogP contribution in [0.4, 0.5) is 13.2 Å². The molecule has 3 nitrogen and oxygen atoms in total. The molecule has 1 aromatic carbocycles. The standard InChI is InChI=1S/C12H16F3NO2/c13-12(14,15)9-16(5-6-17)7-10-1-3-11(8-18)4-2-10/h1-4,17-18H,5-9H2. The van der Waals surface area contributed by atoms with Gasteiger partial charge in [-0.05, 0) is 11.1 Å². The highest BCUT2D eigenvalue weighted by Crippen LogP contribution is 2.18. The van der Waals surface area contributed by atoms with Crippen molar-refractivity contribution < 1.29 is 23.4 Å². The quantitative estimate of drug-likeness (QED) is 0.818. The summed E-state index contributed by atoms with van der Waals surface area (Å²) in [4.78, 5) is 1.13. The monoisotopic (exact) mass is 263 g/mol. The molecular weight excluding hydrogens is 247 g/mol. The van der Waals surface area contributed by atoms with Crippen molar-refractivity contribution in [3.63, 3.8) is 0 Å². The predicted molar refractivity (Wildman–Crippen MR) is 60.8 cm³/mol.